The van der Waals surface area contributed by atoms with E-state index < -0.39 is 12.6 Å². The zero-order valence-corrected chi connectivity index (χ0v) is 13.0. The van der Waals surface area contributed by atoms with Gasteiger partial charge in [0.15, 0.2) is 0 Å². The lowest BCUT2D eigenvalue weighted by Crippen LogP contribution is -2.06. The molecule has 0 amide bonds. The predicted octanol–water partition coefficient (Wildman–Crippen LogP) is 3.84. The zero-order chi connectivity index (χ0) is 17.5. The van der Waals surface area contributed by atoms with E-state index in [4.69, 9.17) is 4.74 Å². The SMILES string of the molecule is COC(=O)c1c(O)cc(OCCF)cc1C=Cc1ccc(F)cc1. The molecular formula is C18H16F2O4. The third-order valence-electron chi connectivity index (χ3n) is 3.18. The molecule has 0 bridgehead atoms. The van der Waals surface area contributed by atoms with Crippen molar-refractivity contribution in [3.05, 3.63) is 58.9 Å². The van der Waals surface area contributed by atoms with Gasteiger partial charge in [0.05, 0.1) is 7.11 Å². The molecule has 0 aliphatic rings. The number of carbonyl (C=O) groups is 1. The third-order valence-corrected chi connectivity index (χ3v) is 3.18. The molecule has 0 aliphatic carbocycles. The summed E-state index contributed by atoms with van der Waals surface area (Å²) in [5.74, 6) is -1.20. The second-order valence-corrected chi connectivity index (χ2v) is 4.82. The van der Waals surface area contributed by atoms with Gasteiger partial charge >= 0.3 is 5.97 Å². The van der Waals surface area contributed by atoms with Crippen molar-refractivity contribution in [3.8, 4) is 11.5 Å². The van der Waals surface area contributed by atoms with E-state index in [1.54, 1.807) is 24.3 Å². The molecule has 6 heteroatoms. The molecule has 0 heterocycles. The number of alkyl halides is 1. The van der Waals surface area contributed by atoms with Crippen molar-refractivity contribution < 1.29 is 28.2 Å². The number of phenols is 1. The summed E-state index contributed by atoms with van der Waals surface area (Å²) in [5, 5.41) is 10.0. The molecule has 0 aliphatic heterocycles. The van der Waals surface area contributed by atoms with E-state index in [2.05, 4.69) is 4.74 Å². The van der Waals surface area contributed by atoms with E-state index in [0.717, 1.165) is 0 Å². The lowest BCUT2D eigenvalue weighted by Gasteiger charge is -2.11. The van der Waals surface area contributed by atoms with Crippen molar-refractivity contribution >= 4 is 18.1 Å². The van der Waals surface area contributed by atoms with Crippen LogP contribution in [0, 0.1) is 5.82 Å². The maximum atomic E-state index is 12.9. The fourth-order valence-corrected chi connectivity index (χ4v) is 2.08. The average Bonchev–Trinajstić information content (AvgIpc) is 2.58. The maximum Gasteiger partial charge on any atom is 0.342 e. The Morgan fingerprint density at radius 3 is 2.54 bits per heavy atom. The van der Waals surface area contributed by atoms with Crippen LogP contribution in [0.15, 0.2) is 36.4 Å². The van der Waals surface area contributed by atoms with Crippen LogP contribution in [0.2, 0.25) is 0 Å². The van der Waals surface area contributed by atoms with Crippen molar-refractivity contribution in [2.75, 3.05) is 20.4 Å². The molecule has 0 atom stereocenters. The number of halogens is 2. The summed E-state index contributed by atoms with van der Waals surface area (Å²) in [7, 11) is 1.20. The van der Waals surface area contributed by atoms with Crippen molar-refractivity contribution in [3.63, 3.8) is 0 Å². The molecule has 2 aromatic rings. The van der Waals surface area contributed by atoms with Crippen LogP contribution >= 0.6 is 0 Å². The van der Waals surface area contributed by atoms with Crippen molar-refractivity contribution in [2.45, 2.75) is 0 Å². The highest BCUT2D eigenvalue weighted by Crippen LogP contribution is 2.30. The normalized spacial score (nSPS) is 10.8. The average molecular weight is 334 g/mol. The van der Waals surface area contributed by atoms with Gasteiger partial charge in [-0.2, -0.15) is 0 Å². The Morgan fingerprint density at radius 1 is 1.21 bits per heavy atom. The number of methoxy groups -OCH3 is 1. The highest BCUT2D eigenvalue weighted by molar-refractivity contribution is 5.98. The molecule has 4 nitrogen and oxygen atoms in total. The number of benzene rings is 2. The van der Waals surface area contributed by atoms with Gasteiger partial charge < -0.3 is 14.6 Å². The Bertz CT molecular complexity index is 739. The molecule has 0 fully saturated rings. The minimum atomic E-state index is -0.719. The van der Waals surface area contributed by atoms with E-state index in [1.807, 2.05) is 0 Å². The van der Waals surface area contributed by atoms with E-state index >= 15 is 0 Å². The van der Waals surface area contributed by atoms with Gasteiger partial charge in [0, 0.05) is 6.07 Å². The van der Waals surface area contributed by atoms with Gasteiger partial charge in [-0.25, -0.2) is 13.6 Å². The van der Waals surface area contributed by atoms with Crippen LogP contribution in [0.4, 0.5) is 8.78 Å². The van der Waals surface area contributed by atoms with E-state index in [-0.39, 0.29) is 29.5 Å². The number of carbonyl (C=O) groups excluding carboxylic acids is 1. The first-order chi connectivity index (χ1) is 11.5. The van der Waals surface area contributed by atoms with E-state index in [0.29, 0.717) is 11.1 Å². The number of ether oxygens (including phenoxy) is 2. The quantitative estimate of drug-likeness (QED) is 0.644. The first-order valence-corrected chi connectivity index (χ1v) is 7.13. The second-order valence-electron chi connectivity index (χ2n) is 4.82. The van der Waals surface area contributed by atoms with Crippen LogP contribution in [-0.4, -0.2) is 31.5 Å². The molecule has 0 aromatic heterocycles. The highest BCUT2D eigenvalue weighted by atomic mass is 19.1. The molecular weight excluding hydrogens is 318 g/mol. The Balaban J connectivity index is 2.41. The minimum absolute atomic E-state index is 0.0385. The second kappa shape index (κ2) is 8.10. The number of hydrogen-bond acceptors (Lipinski definition) is 4. The number of esters is 1. The molecule has 24 heavy (non-hydrogen) atoms. The Hall–Kier alpha value is -2.89. The number of phenolic OH excluding ortho intramolecular Hbond substituents is 1. The summed E-state index contributed by atoms with van der Waals surface area (Å²) >= 11 is 0. The van der Waals surface area contributed by atoms with Crippen LogP contribution in [-0.2, 0) is 4.74 Å². The monoisotopic (exact) mass is 334 g/mol. The molecule has 126 valence electrons. The van der Waals surface area contributed by atoms with E-state index in [9.17, 15) is 18.7 Å². The Kier molecular flexibility index (Phi) is 5.89. The van der Waals surface area contributed by atoms with Gasteiger partial charge in [0.1, 0.15) is 36.2 Å². The summed E-state index contributed by atoms with van der Waals surface area (Å²) in [6.45, 7) is -0.849. The smallest absolute Gasteiger partial charge is 0.342 e. The molecule has 1 N–H and O–H groups in total. The Labute approximate surface area is 138 Å². The predicted molar refractivity (Wildman–Crippen MR) is 86.2 cm³/mol. The standard InChI is InChI=1S/C18H16F2O4/c1-23-18(22)17-13(5-2-12-3-6-14(20)7-4-12)10-15(11-16(17)21)24-9-8-19/h2-7,10-11,21H,8-9H2,1H3. The largest absolute Gasteiger partial charge is 0.507 e. The lowest BCUT2D eigenvalue weighted by molar-refractivity contribution is 0.0597. The number of rotatable bonds is 6. The molecule has 0 saturated heterocycles. The van der Waals surface area contributed by atoms with Crippen LogP contribution in [0.3, 0.4) is 0 Å². The summed E-state index contributed by atoms with van der Waals surface area (Å²) in [4.78, 5) is 11.9. The van der Waals surface area contributed by atoms with E-state index in [1.165, 1.54) is 31.4 Å². The third kappa shape index (κ3) is 4.32. The fraction of sp³-hybridized carbons (Fsp3) is 0.167. The van der Waals surface area contributed by atoms with Gasteiger partial charge in [-0.3, -0.25) is 0 Å². The number of hydrogen-bond donors (Lipinski definition) is 1. The summed E-state index contributed by atoms with van der Waals surface area (Å²) in [6.07, 6.45) is 3.20. The zero-order valence-electron chi connectivity index (χ0n) is 13.0. The van der Waals surface area contributed by atoms with Crippen LogP contribution in [0.5, 0.6) is 11.5 Å². The summed E-state index contributed by atoms with van der Waals surface area (Å²) in [6, 6.07) is 8.44. The minimum Gasteiger partial charge on any atom is -0.507 e. The van der Waals surface area contributed by atoms with Crippen molar-refractivity contribution in [2.24, 2.45) is 0 Å². The molecule has 0 spiro atoms. The first kappa shape index (κ1) is 17.5. The van der Waals surface area contributed by atoms with Gasteiger partial charge in [-0.05, 0) is 29.3 Å². The molecule has 0 unspecified atom stereocenters. The fourth-order valence-electron chi connectivity index (χ4n) is 2.08. The van der Waals surface area contributed by atoms with Gasteiger partial charge in [-0.15, -0.1) is 0 Å². The van der Waals surface area contributed by atoms with Crippen LogP contribution in [0.1, 0.15) is 21.5 Å². The lowest BCUT2D eigenvalue weighted by atomic mass is 10.0. The molecule has 2 aromatic carbocycles. The number of aromatic hydroxyl groups is 1. The van der Waals surface area contributed by atoms with Crippen LogP contribution < -0.4 is 4.74 Å². The highest BCUT2D eigenvalue weighted by Gasteiger charge is 2.17. The molecule has 0 saturated carbocycles. The van der Waals surface area contributed by atoms with Gasteiger partial charge in [-0.1, -0.05) is 24.3 Å². The summed E-state index contributed by atoms with van der Waals surface area (Å²) in [5.41, 5.74) is 0.991. The molecule has 0 radical (unpaired) electrons. The van der Waals surface area contributed by atoms with Gasteiger partial charge in [0.2, 0.25) is 0 Å². The van der Waals surface area contributed by atoms with Crippen molar-refractivity contribution in [1.29, 1.82) is 0 Å². The Morgan fingerprint density at radius 2 is 1.92 bits per heavy atom. The van der Waals surface area contributed by atoms with Gasteiger partial charge in [0.25, 0.3) is 0 Å². The summed E-state index contributed by atoms with van der Waals surface area (Å²) < 4.78 is 35.0. The molecule has 2 rings (SSSR count). The first-order valence-electron chi connectivity index (χ1n) is 7.13. The van der Waals surface area contributed by atoms with Crippen LogP contribution in [0.25, 0.3) is 12.2 Å². The van der Waals surface area contributed by atoms with Crippen molar-refractivity contribution in [1.82, 2.24) is 0 Å². The topological polar surface area (TPSA) is 55.8 Å². The maximum absolute atomic E-state index is 12.9.